The molecule has 5 rings (SSSR count). The lowest BCUT2D eigenvalue weighted by molar-refractivity contribution is 0.242. The molecule has 0 radical (unpaired) electrons. The third-order valence-electron chi connectivity index (χ3n) is 6.95. The van der Waals surface area contributed by atoms with E-state index in [0.717, 1.165) is 45.0 Å². The van der Waals surface area contributed by atoms with E-state index in [9.17, 15) is 0 Å². The molecule has 2 heterocycles. The molecule has 33 heavy (non-hydrogen) atoms. The van der Waals surface area contributed by atoms with Crippen LogP contribution in [0.5, 0.6) is 0 Å². The van der Waals surface area contributed by atoms with Crippen molar-refractivity contribution in [1.29, 1.82) is 0 Å². The molecule has 0 atom stereocenters. The number of pyridine rings is 1. The average Bonchev–Trinajstić information content (AvgIpc) is 2.92. The van der Waals surface area contributed by atoms with Gasteiger partial charge in [0.1, 0.15) is 5.82 Å². The summed E-state index contributed by atoms with van der Waals surface area (Å²) in [4.78, 5) is 9.55. The molecule has 3 aromatic carbocycles. The number of anilines is 1. The van der Waals surface area contributed by atoms with Crippen LogP contribution in [0.3, 0.4) is 0 Å². The summed E-state index contributed by atoms with van der Waals surface area (Å²) >= 11 is 0. The van der Waals surface area contributed by atoms with Crippen LogP contribution >= 0.6 is 0 Å². The van der Waals surface area contributed by atoms with Crippen LogP contribution in [0.15, 0.2) is 115 Å². The lowest BCUT2D eigenvalue weighted by atomic mass is 9.67. The maximum absolute atomic E-state index is 4.54. The Hall–Kier alpha value is -3.43. The van der Waals surface area contributed by atoms with E-state index in [4.69, 9.17) is 0 Å². The van der Waals surface area contributed by atoms with Crippen molar-refractivity contribution in [3.63, 3.8) is 0 Å². The first-order chi connectivity index (χ1) is 16.4. The van der Waals surface area contributed by atoms with E-state index < -0.39 is 0 Å². The van der Waals surface area contributed by atoms with E-state index in [1.165, 1.54) is 16.7 Å². The van der Waals surface area contributed by atoms with Crippen LogP contribution in [0.1, 0.15) is 23.1 Å². The highest BCUT2D eigenvalue weighted by molar-refractivity contribution is 5.50. The monoisotopic (exact) mass is 433 g/mol. The number of benzene rings is 3. The van der Waals surface area contributed by atoms with E-state index in [1.54, 1.807) is 0 Å². The molecule has 0 N–H and O–H groups in total. The van der Waals surface area contributed by atoms with Gasteiger partial charge in [-0.15, -0.1) is 0 Å². The molecule has 166 valence electrons. The summed E-state index contributed by atoms with van der Waals surface area (Å²) in [5.41, 5.74) is 3.89. The smallest absolute Gasteiger partial charge is 0.128 e. The van der Waals surface area contributed by atoms with Crippen LogP contribution in [0.2, 0.25) is 0 Å². The van der Waals surface area contributed by atoms with Crippen molar-refractivity contribution < 1.29 is 0 Å². The lowest BCUT2D eigenvalue weighted by Crippen LogP contribution is -2.48. The van der Waals surface area contributed by atoms with Gasteiger partial charge in [-0.2, -0.15) is 0 Å². The molecular weight excluding hydrogens is 402 g/mol. The average molecular weight is 434 g/mol. The Morgan fingerprint density at radius 2 is 1.06 bits per heavy atom. The molecule has 0 saturated carbocycles. The lowest BCUT2D eigenvalue weighted by Gasteiger charge is -2.40. The van der Waals surface area contributed by atoms with Gasteiger partial charge in [-0.3, -0.25) is 4.90 Å². The van der Waals surface area contributed by atoms with Crippen molar-refractivity contribution >= 4 is 5.82 Å². The second-order valence-corrected chi connectivity index (χ2v) is 8.77. The highest BCUT2D eigenvalue weighted by Crippen LogP contribution is 2.42. The van der Waals surface area contributed by atoms with Crippen molar-refractivity contribution in [1.82, 2.24) is 9.88 Å². The van der Waals surface area contributed by atoms with Gasteiger partial charge in [-0.25, -0.2) is 4.98 Å². The second kappa shape index (κ2) is 10.0. The minimum Gasteiger partial charge on any atom is -0.354 e. The first-order valence-corrected chi connectivity index (χ1v) is 11.9. The quantitative estimate of drug-likeness (QED) is 0.352. The van der Waals surface area contributed by atoms with Crippen LogP contribution in [-0.4, -0.2) is 42.6 Å². The van der Waals surface area contributed by atoms with E-state index in [1.807, 2.05) is 12.3 Å². The zero-order valence-electron chi connectivity index (χ0n) is 19.1. The summed E-state index contributed by atoms with van der Waals surface area (Å²) in [7, 11) is 0. The fraction of sp³-hybridized carbons (Fsp3) is 0.233. The van der Waals surface area contributed by atoms with Gasteiger partial charge in [0.2, 0.25) is 0 Å². The third kappa shape index (κ3) is 4.55. The van der Waals surface area contributed by atoms with Gasteiger partial charge >= 0.3 is 0 Å². The summed E-state index contributed by atoms with van der Waals surface area (Å²) in [6.07, 6.45) is 2.92. The van der Waals surface area contributed by atoms with Gasteiger partial charge in [0.15, 0.2) is 0 Å². The van der Waals surface area contributed by atoms with Crippen molar-refractivity contribution in [2.24, 2.45) is 0 Å². The minimum absolute atomic E-state index is 0.179. The summed E-state index contributed by atoms with van der Waals surface area (Å²) < 4.78 is 0. The van der Waals surface area contributed by atoms with Crippen LogP contribution < -0.4 is 4.90 Å². The summed E-state index contributed by atoms with van der Waals surface area (Å²) in [5.74, 6) is 1.09. The molecule has 1 aliphatic heterocycles. The SMILES string of the molecule is c1ccc(C(CCN2CCN(c3ccccn3)CC2)(c2ccccc2)c2ccccc2)cc1. The Balaban J connectivity index is 1.42. The molecule has 0 aliphatic carbocycles. The van der Waals surface area contributed by atoms with E-state index in [0.29, 0.717) is 0 Å². The molecule has 3 nitrogen and oxygen atoms in total. The Morgan fingerprint density at radius 1 is 0.576 bits per heavy atom. The van der Waals surface area contributed by atoms with E-state index in [-0.39, 0.29) is 5.41 Å². The number of piperazine rings is 1. The molecule has 1 fully saturated rings. The maximum atomic E-state index is 4.54. The van der Waals surface area contributed by atoms with Crippen molar-refractivity contribution in [2.45, 2.75) is 11.8 Å². The number of aromatic nitrogens is 1. The third-order valence-corrected chi connectivity index (χ3v) is 6.95. The topological polar surface area (TPSA) is 19.4 Å². The molecule has 0 spiro atoms. The molecule has 0 unspecified atom stereocenters. The summed E-state index contributed by atoms with van der Waals surface area (Å²) in [6, 6.07) is 39.3. The molecule has 1 aliphatic rings. The van der Waals surface area contributed by atoms with Crippen molar-refractivity contribution in [2.75, 3.05) is 37.6 Å². The molecule has 1 saturated heterocycles. The summed E-state index contributed by atoms with van der Waals surface area (Å²) in [6.45, 7) is 5.21. The number of rotatable bonds is 7. The molecule has 1 aromatic heterocycles. The molecule has 3 heteroatoms. The van der Waals surface area contributed by atoms with Gasteiger partial charge in [0.25, 0.3) is 0 Å². The van der Waals surface area contributed by atoms with Gasteiger partial charge in [-0.05, 0) is 41.8 Å². The highest BCUT2D eigenvalue weighted by atomic mass is 15.3. The first-order valence-electron chi connectivity index (χ1n) is 11.9. The number of hydrogen-bond donors (Lipinski definition) is 0. The van der Waals surface area contributed by atoms with Gasteiger partial charge in [-0.1, -0.05) is 97.1 Å². The predicted octanol–water partition coefficient (Wildman–Crippen LogP) is 5.63. The first kappa shape index (κ1) is 21.4. The Bertz CT molecular complexity index is 1010. The highest BCUT2D eigenvalue weighted by Gasteiger charge is 2.36. The standard InChI is InChI=1S/C30H31N3/c1-4-12-26(13-5-1)30(27-14-6-2-7-15-27,28-16-8-3-9-17-28)19-21-32-22-24-33(25-23-32)29-18-10-11-20-31-29/h1-18,20H,19,21-25H2. The van der Waals surface area contributed by atoms with Crippen molar-refractivity contribution in [3.8, 4) is 0 Å². The van der Waals surface area contributed by atoms with E-state index >= 15 is 0 Å². The number of hydrogen-bond acceptors (Lipinski definition) is 3. The fourth-order valence-corrected chi connectivity index (χ4v) is 5.17. The summed E-state index contributed by atoms with van der Waals surface area (Å²) in [5, 5.41) is 0. The van der Waals surface area contributed by atoms with Gasteiger partial charge in [0, 0.05) is 37.8 Å². The minimum atomic E-state index is -0.179. The van der Waals surface area contributed by atoms with E-state index in [2.05, 4.69) is 118 Å². The Labute approximate surface area is 197 Å². The molecule has 0 amide bonds. The molecule has 4 aromatic rings. The Kier molecular flexibility index (Phi) is 6.50. The molecular formula is C30H31N3. The predicted molar refractivity (Wildman–Crippen MR) is 137 cm³/mol. The van der Waals surface area contributed by atoms with Crippen LogP contribution in [0.4, 0.5) is 5.82 Å². The largest absolute Gasteiger partial charge is 0.354 e. The van der Waals surface area contributed by atoms with Crippen LogP contribution in [0.25, 0.3) is 0 Å². The number of nitrogens with zero attached hydrogens (tertiary/aromatic N) is 3. The van der Waals surface area contributed by atoms with Gasteiger partial charge < -0.3 is 4.90 Å². The fourth-order valence-electron chi connectivity index (χ4n) is 5.17. The zero-order chi connectivity index (χ0) is 22.3. The molecule has 0 bridgehead atoms. The van der Waals surface area contributed by atoms with Crippen LogP contribution in [-0.2, 0) is 5.41 Å². The van der Waals surface area contributed by atoms with Crippen molar-refractivity contribution in [3.05, 3.63) is 132 Å². The zero-order valence-corrected chi connectivity index (χ0v) is 19.1. The Morgan fingerprint density at radius 3 is 1.52 bits per heavy atom. The maximum Gasteiger partial charge on any atom is 0.128 e. The normalized spacial score (nSPS) is 14.8. The second-order valence-electron chi connectivity index (χ2n) is 8.77. The van der Waals surface area contributed by atoms with Crippen LogP contribution in [0, 0.1) is 0 Å². The van der Waals surface area contributed by atoms with Gasteiger partial charge in [0.05, 0.1) is 0 Å².